The first-order chi connectivity index (χ1) is 13.2. The molecule has 7 heteroatoms. The Kier molecular flexibility index (Phi) is 4.82. The first-order valence-electron chi connectivity index (χ1n) is 9.10. The lowest BCUT2D eigenvalue weighted by Gasteiger charge is -2.35. The first kappa shape index (κ1) is 17.2. The van der Waals surface area contributed by atoms with Crippen LogP contribution in [0.4, 0.5) is 5.82 Å². The summed E-state index contributed by atoms with van der Waals surface area (Å²) in [7, 11) is 0. The molecule has 2 aromatic heterocycles. The predicted molar refractivity (Wildman–Crippen MR) is 103 cm³/mol. The number of hydrogen-bond donors (Lipinski definition) is 0. The number of carbonyl (C=O) groups excluding carboxylic acids is 1. The van der Waals surface area contributed by atoms with E-state index in [9.17, 15) is 4.79 Å². The summed E-state index contributed by atoms with van der Waals surface area (Å²) in [6, 6.07) is 11.9. The fraction of sp³-hybridized carbons (Fsp3) is 0.300. The molecule has 27 heavy (non-hydrogen) atoms. The summed E-state index contributed by atoms with van der Waals surface area (Å²) in [5.74, 6) is 2.75. The molecule has 1 aromatic carbocycles. The number of carbonyl (C=O) groups is 1. The van der Waals surface area contributed by atoms with Gasteiger partial charge in [-0.25, -0.2) is 15.0 Å². The highest BCUT2D eigenvalue weighted by Gasteiger charge is 2.22. The van der Waals surface area contributed by atoms with Gasteiger partial charge in [0.15, 0.2) is 0 Å². The molecule has 4 rings (SSSR count). The maximum Gasteiger partial charge on any atom is 0.227 e. The summed E-state index contributed by atoms with van der Waals surface area (Å²) in [6.45, 7) is 4.88. The van der Waals surface area contributed by atoms with Gasteiger partial charge in [0.25, 0.3) is 0 Å². The van der Waals surface area contributed by atoms with Crippen molar-refractivity contribution in [1.29, 1.82) is 0 Å². The van der Waals surface area contributed by atoms with E-state index in [-0.39, 0.29) is 5.91 Å². The average molecular weight is 362 g/mol. The van der Waals surface area contributed by atoms with Crippen LogP contribution in [0.15, 0.2) is 55.1 Å². The smallest absolute Gasteiger partial charge is 0.227 e. The first-order valence-corrected chi connectivity index (χ1v) is 9.10. The Bertz CT molecular complexity index is 915. The van der Waals surface area contributed by atoms with Gasteiger partial charge >= 0.3 is 0 Å². The van der Waals surface area contributed by atoms with Crippen LogP contribution in [0.3, 0.4) is 0 Å². The fourth-order valence-corrected chi connectivity index (χ4v) is 3.33. The van der Waals surface area contributed by atoms with E-state index in [1.807, 2.05) is 59.0 Å². The number of hydrogen-bond acceptors (Lipinski definition) is 5. The van der Waals surface area contributed by atoms with Gasteiger partial charge in [0.1, 0.15) is 23.8 Å². The van der Waals surface area contributed by atoms with Crippen LogP contribution < -0.4 is 4.90 Å². The SMILES string of the molecule is Cc1nccn1-c1cc(N2CCN(C(=O)Cc3ccccc3)CC2)ncn1. The molecule has 7 nitrogen and oxygen atoms in total. The molecule has 0 aliphatic carbocycles. The molecule has 0 radical (unpaired) electrons. The van der Waals surface area contributed by atoms with Gasteiger partial charge in [-0.1, -0.05) is 30.3 Å². The van der Waals surface area contributed by atoms with Gasteiger partial charge < -0.3 is 9.80 Å². The zero-order chi connectivity index (χ0) is 18.6. The number of anilines is 1. The zero-order valence-electron chi connectivity index (χ0n) is 15.3. The number of aromatic nitrogens is 4. The van der Waals surface area contributed by atoms with Crippen LogP contribution in [0, 0.1) is 6.92 Å². The molecular weight excluding hydrogens is 340 g/mol. The molecule has 0 unspecified atom stereocenters. The summed E-state index contributed by atoms with van der Waals surface area (Å²) in [4.78, 5) is 29.7. The normalized spacial score (nSPS) is 14.4. The Balaban J connectivity index is 1.39. The fourth-order valence-electron chi connectivity index (χ4n) is 3.33. The van der Waals surface area contributed by atoms with Crippen molar-refractivity contribution in [1.82, 2.24) is 24.4 Å². The minimum Gasteiger partial charge on any atom is -0.353 e. The minimum atomic E-state index is 0.179. The number of aryl methyl sites for hydroxylation is 1. The van der Waals surface area contributed by atoms with Crippen LogP contribution in [0.2, 0.25) is 0 Å². The highest BCUT2D eigenvalue weighted by molar-refractivity contribution is 5.79. The van der Waals surface area contributed by atoms with Gasteiger partial charge in [0.05, 0.1) is 6.42 Å². The van der Waals surface area contributed by atoms with Crippen molar-refractivity contribution in [2.75, 3.05) is 31.1 Å². The molecule has 1 aliphatic rings. The number of benzene rings is 1. The topological polar surface area (TPSA) is 67.2 Å². The van der Waals surface area contributed by atoms with Crippen LogP contribution in [-0.2, 0) is 11.2 Å². The van der Waals surface area contributed by atoms with Gasteiger partial charge in [-0.2, -0.15) is 0 Å². The Hall–Kier alpha value is -3.22. The van der Waals surface area contributed by atoms with Crippen LogP contribution in [0.5, 0.6) is 0 Å². The van der Waals surface area contributed by atoms with Crippen LogP contribution >= 0.6 is 0 Å². The summed E-state index contributed by atoms with van der Waals surface area (Å²) in [5.41, 5.74) is 1.06. The van der Waals surface area contributed by atoms with Gasteiger partial charge in [-0.15, -0.1) is 0 Å². The Morgan fingerprint density at radius 3 is 2.44 bits per heavy atom. The number of amides is 1. The Labute approximate surface area is 158 Å². The van der Waals surface area contributed by atoms with Crippen LogP contribution in [-0.4, -0.2) is 56.5 Å². The second-order valence-electron chi connectivity index (χ2n) is 6.61. The molecule has 0 spiro atoms. The van der Waals surface area contributed by atoms with Gasteiger partial charge in [-0.05, 0) is 12.5 Å². The van der Waals surface area contributed by atoms with Crippen molar-refractivity contribution in [3.63, 3.8) is 0 Å². The third-order valence-corrected chi connectivity index (χ3v) is 4.87. The van der Waals surface area contributed by atoms with Crippen molar-refractivity contribution < 1.29 is 4.79 Å². The van der Waals surface area contributed by atoms with E-state index < -0.39 is 0 Å². The molecule has 1 saturated heterocycles. The van der Waals surface area contributed by atoms with E-state index in [0.717, 1.165) is 36.1 Å². The van der Waals surface area contributed by atoms with E-state index in [1.165, 1.54) is 0 Å². The summed E-state index contributed by atoms with van der Waals surface area (Å²) < 4.78 is 1.94. The Morgan fingerprint density at radius 1 is 1.00 bits per heavy atom. The largest absolute Gasteiger partial charge is 0.353 e. The number of nitrogens with zero attached hydrogens (tertiary/aromatic N) is 6. The minimum absolute atomic E-state index is 0.179. The van der Waals surface area contributed by atoms with Gasteiger partial charge in [0, 0.05) is 44.6 Å². The second kappa shape index (κ2) is 7.57. The van der Waals surface area contributed by atoms with Crippen molar-refractivity contribution in [2.24, 2.45) is 0 Å². The molecule has 1 fully saturated rings. The predicted octanol–water partition coefficient (Wildman–Crippen LogP) is 1.86. The van der Waals surface area contributed by atoms with E-state index in [2.05, 4.69) is 19.9 Å². The van der Waals surface area contributed by atoms with Gasteiger partial charge in [0.2, 0.25) is 5.91 Å². The lowest BCUT2D eigenvalue weighted by atomic mass is 10.1. The molecule has 3 heterocycles. The molecule has 138 valence electrons. The van der Waals surface area contributed by atoms with Crippen molar-refractivity contribution in [3.05, 3.63) is 66.5 Å². The highest BCUT2D eigenvalue weighted by Crippen LogP contribution is 2.17. The molecule has 0 N–H and O–H groups in total. The van der Waals surface area contributed by atoms with Crippen molar-refractivity contribution >= 4 is 11.7 Å². The highest BCUT2D eigenvalue weighted by atomic mass is 16.2. The number of imidazole rings is 1. The third-order valence-electron chi connectivity index (χ3n) is 4.87. The molecule has 0 atom stereocenters. The third kappa shape index (κ3) is 3.81. The zero-order valence-corrected chi connectivity index (χ0v) is 15.3. The van der Waals surface area contributed by atoms with Gasteiger partial charge in [-0.3, -0.25) is 9.36 Å². The molecule has 1 amide bonds. The second-order valence-corrected chi connectivity index (χ2v) is 6.61. The maximum absolute atomic E-state index is 12.5. The van der Waals surface area contributed by atoms with E-state index >= 15 is 0 Å². The molecule has 0 saturated carbocycles. The van der Waals surface area contributed by atoms with Crippen molar-refractivity contribution in [3.8, 4) is 5.82 Å². The molecule has 0 bridgehead atoms. The average Bonchev–Trinajstić information content (AvgIpc) is 3.15. The molecular formula is C20H22N6O. The monoisotopic (exact) mass is 362 g/mol. The standard InChI is InChI=1S/C20H22N6O/c1-16-21-7-8-26(16)19-14-18(22-15-23-19)24-9-11-25(12-10-24)20(27)13-17-5-3-2-4-6-17/h2-8,14-15H,9-13H2,1H3. The Morgan fingerprint density at radius 2 is 1.74 bits per heavy atom. The maximum atomic E-state index is 12.5. The quantitative estimate of drug-likeness (QED) is 0.709. The summed E-state index contributed by atoms with van der Waals surface area (Å²) >= 11 is 0. The van der Waals surface area contributed by atoms with Crippen LogP contribution in [0.1, 0.15) is 11.4 Å². The van der Waals surface area contributed by atoms with E-state index in [0.29, 0.717) is 19.5 Å². The lowest BCUT2D eigenvalue weighted by Crippen LogP contribution is -2.49. The number of rotatable bonds is 4. The lowest BCUT2D eigenvalue weighted by molar-refractivity contribution is -0.130. The van der Waals surface area contributed by atoms with Crippen molar-refractivity contribution in [2.45, 2.75) is 13.3 Å². The molecule has 3 aromatic rings. The molecule has 1 aliphatic heterocycles. The summed E-state index contributed by atoms with van der Waals surface area (Å²) in [5, 5.41) is 0. The van der Waals surface area contributed by atoms with E-state index in [1.54, 1.807) is 12.5 Å². The van der Waals surface area contributed by atoms with E-state index in [4.69, 9.17) is 0 Å². The van der Waals surface area contributed by atoms with Crippen LogP contribution in [0.25, 0.3) is 5.82 Å². The number of piperazine rings is 1. The summed E-state index contributed by atoms with van der Waals surface area (Å²) in [6.07, 6.45) is 5.69.